The molecule has 0 aliphatic heterocycles. The van der Waals surface area contributed by atoms with E-state index in [0.717, 1.165) is 17.9 Å². The van der Waals surface area contributed by atoms with Crippen molar-refractivity contribution in [2.45, 2.75) is 37.8 Å². The van der Waals surface area contributed by atoms with Gasteiger partial charge in [0.05, 0.1) is 7.11 Å². The molecule has 0 bridgehead atoms. The van der Waals surface area contributed by atoms with Crippen molar-refractivity contribution >= 4 is 5.69 Å². The van der Waals surface area contributed by atoms with Gasteiger partial charge in [0.25, 0.3) is 0 Å². The van der Waals surface area contributed by atoms with Crippen LogP contribution in [0.5, 0.6) is 5.75 Å². The molecule has 21 heavy (non-hydrogen) atoms. The second-order valence-corrected chi connectivity index (χ2v) is 6.51. The fourth-order valence-corrected chi connectivity index (χ4v) is 3.36. The van der Waals surface area contributed by atoms with Crippen molar-refractivity contribution in [1.29, 1.82) is 0 Å². The number of hydrogen-bond donors (Lipinski definition) is 1. The summed E-state index contributed by atoms with van der Waals surface area (Å²) >= 11 is 0. The van der Waals surface area contributed by atoms with Gasteiger partial charge in [-0.15, -0.1) is 0 Å². The lowest BCUT2D eigenvalue weighted by Gasteiger charge is -2.49. The first-order valence-electron chi connectivity index (χ1n) is 7.72. The third-order valence-electron chi connectivity index (χ3n) is 4.89. The van der Waals surface area contributed by atoms with Crippen LogP contribution in [0.1, 0.15) is 37.8 Å². The van der Waals surface area contributed by atoms with Crippen molar-refractivity contribution in [3.05, 3.63) is 23.8 Å². The molecular formula is C17H29N3O. The lowest BCUT2D eigenvalue weighted by atomic mass is 9.75. The summed E-state index contributed by atoms with van der Waals surface area (Å²) < 4.78 is 5.50. The van der Waals surface area contributed by atoms with Gasteiger partial charge < -0.3 is 20.3 Å². The summed E-state index contributed by atoms with van der Waals surface area (Å²) in [4.78, 5) is 4.71. The Bertz CT molecular complexity index is 481. The van der Waals surface area contributed by atoms with Crippen LogP contribution in [0.25, 0.3) is 0 Å². The van der Waals surface area contributed by atoms with Crippen molar-refractivity contribution in [1.82, 2.24) is 4.90 Å². The standard InChI is InChI=1S/C17H29N3O/c1-13(18)16-14(8-6-9-15(16)21-5)20(4)12-17(19(2)3)10-7-11-17/h6,8-9,13H,7,10-12,18H2,1-5H3. The minimum absolute atomic E-state index is 0.0460. The van der Waals surface area contributed by atoms with Crippen molar-refractivity contribution in [2.24, 2.45) is 5.73 Å². The van der Waals surface area contributed by atoms with E-state index >= 15 is 0 Å². The van der Waals surface area contributed by atoms with E-state index < -0.39 is 0 Å². The van der Waals surface area contributed by atoms with E-state index in [2.05, 4.69) is 37.0 Å². The second kappa shape index (κ2) is 6.24. The topological polar surface area (TPSA) is 41.7 Å². The highest BCUT2D eigenvalue weighted by atomic mass is 16.5. The average molecular weight is 291 g/mol. The number of nitrogens with zero attached hydrogens (tertiary/aromatic N) is 2. The molecule has 1 aromatic carbocycles. The van der Waals surface area contributed by atoms with Crippen molar-refractivity contribution < 1.29 is 4.74 Å². The summed E-state index contributed by atoms with van der Waals surface area (Å²) in [7, 11) is 8.23. The Hall–Kier alpha value is -1.26. The van der Waals surface area contributed by atoms with Gasteiger partial charge in [-0.2, -0.15) is 0 Å². The molecule has 1 fully saturated rings. The Morgan fingerprint density at radius 3 is 2.38 bits per heavy atom. The maximum absolute atomic E-state index is 6.18. The lowest BCUT2D eigenvalue weighted by molar-refractivity contribution is 0.0683. The Morgan fingerprint density at radius 1 is 1.29 bits per heavy atom. The van der Waals surface area contributed by atoms with Gasteiger partial charge in [0.15, 0.2) is 0 Å². The summed E-state index contributed by atoms with van der Waals surface area (Å²) in [6, 6.07) is 6.12. The predicted octanol–water partition coefficient (Wildman–Crippen LogP) is 2.64. The number of benzene rings is 1. The second-order valence-electron chi connectivity index (χ2n) is 6.51. The molecule has 1 unspecified atom stereocenters. The molecule has 1 atom stereocenters. The first kappa shape index (κ1) is 16.1. The van der Waals surface area contributed by atoms with E-state index in [-0.39, 0.29) is 6.04 Å². The van der Waals surface area contributed by atoms with Gasteiger partial charge in [0.2, 0.25) is 0 Å². The van der Waals surface area contributed by atoms with Crippen LogP contribution in [-0.4, -0.2) is 45.2 Å². The number of likely N-dealkylation sites (N-methyl/N-ethyl adjacent to an activating group) is 2. The Morgan fingerprint density at radius 2 is 1.95 bits per heavy atom. The summed E-state index contributed by atoms with van der Waals surface area (Å²) in [6.07, 6.45) is 3.86. The summed E-state index contributed by atoms with van der Waals surface area (Å²) in [5.74, 6) is 0.877. The molecule has 1 aliphatic rings. The third-order valence-corrected chi connectivity index (χ3v) is 4.89. The van der Waals surface area contributed by atoms with E-state index in [4.69, 9.17) is 10.5 Å². The fraction of sp³-hybridized carbons (Fsp3) is 0.647. The number of hydrogen-bond acceptors (Lipinski definition) is 4. The minimum Gasteiger partial charge on any atom is -0.496 e. The Labute approximate surface area is 128 Å². The SMILES string of the molecule is COc1cccc(N(C)CC2(N(C)C)CCC2)c1C(C)N. The molecule has 0 spiro atoms. The van der Waals surface area contributed by atoms with Crippen molar-refractivity contribution in [3.8, 4) is 5.75 Å². The molecule has 2 N–H and O–H groups in total. The monoisotopic (exact) mass is 291 g/mol. The predicted molar refractivity (Wildman–Crippen MR) is 89.1 cm³/mol. The van der Waals surface area contributed by atoms with E-state index in [1.165, 1.54) is 24.9 Å². The molecule has 0 aromatic heterocycles. The van der Waals surface area contributed by atoms with Crippen LogP contribution in [0.4, 0.5) is 5.69 Å². The molecule has 0 heterocycles. The summed E-state index contributed by atoms with van der Waals surface area (Å²) in [6.45, 7) is 3.03. The maximum atomic E-state index is 6.18. The van der Waals surface area contributed by atoms with Crippen LogP contribution < -0.4 is 15.4 Å². The first-order valence-corrected chi connectivity index (χ1v) is 7.72. The Balaban J connectivity index is 2.29. The van der Waals surface area contributed by atoms with Gasteiger partial charge in [0.1, 0.15) is 5.75 Å². The molecular weight excluding hydrogens is 262 g/mol. The molecule has 118 valence electrons. The average Bonchev–Trinajstić information content (AvgIpc) is 2.40. The number of methoxy groups -OCH3 is 1. The van der Waals surface area contributed by atoms with Crippen LogP contribution >= 0.6 is 0 Å². The molecule has 0 saturated heterocycles. The van der Waals surface area contributed by atoms with E-state index in [9.17, 15) is 0 Å². The Kier molecular flexibility index (Phi) is 4.79. The van der Waals surface area contributed by atoms with Crippen LogP contribution in [0, 0.1) is 0 Å². The number of ether oxygens (including phenoxy) is 1. The molecule has 4 nitrogen and oxygen atoms in total. The molecule has 1 saturated carbocycles. The van der Waals surface area contributed by atoms with Gasteiger partial charge in [-0.1, -0.05) is 6.07 Å². The number of nitrogens with two attached hydrogens (primary N) is 1. The molecule has 1 aliphatic carbocycles. The smallest absolute Gasteiger partial charge is 0.125 e. The minimum atomic E-state index is -0.0460. The highest BCUT2D eigenvalue weighted by molar-refractivity contribution is 5.60. The fourth-order valence-electron chi connectivity index (χ4n) is 3.36. The zero-order valence-electron chi connectivity index (χ0n) is 14.0. The van der Waals surface area contributed by atoms with Gasteiger partial charge in [-0.3, -0.25) is 0 Å². The third kappa shape index (κ3) is 3.01. The molecule has 2 rings (SSSR count). The molecule has 0 amide bonds. The highest BCUT2D eigenvalue weighted by Crippen LogP contribution is 2.39. The largest absolute Gasteiger partial charge is 0.496 e. The zero-order chi connectivity index (χ0) is 15.6. The number of rotatable bonds is 6. The van der Waals surface area contributed by atoms with Gasteiger partial charge in [0, 0.05) is 36.4 Å². The number of anilines is 1. The van der Waals surface area contributed by atoms with Crippen LogP contribution in [0.15, 0.2) is 18.2 Å². The van der Waals surface area contributed by atoms with Crippen LogP contribution in [0.3, 0.4) is 0 Å². The molecule has 4 heteroatoms. The first-order chi connectivity index (χ1) is 9.91. The van der Waals surface area contributed by atoms with Crippen LogP contribution in [-0.2, 0) is 0 Å². The summed E-state index contributed by atoms with van der Waals surface area (Å²) in [5.41, 5.74) is 8.75. The molecule has 0 radical (unpaired) electrons. The summed E-state index contributed by atoms with van der Waals surface area (Å²) in [5, 5.41) is 0. The van der Waals surface area contributed by atoms with Gasteiger partial charge in [-0.05, 0) is 52.4 Å². The van der Waals surface area contributed by atoms with Gasteiger partial charge in [-0.25, -0.2) is 0 Å². The van der Waals surface area contributed by atoms with Crippen molar-refractivity contribution in [2.75, 3.05) is 39.7 Å². The van der Waals surface area contributed by atoms with E-state index in [1.807, 2.05) is 19.1 Å². The van der Waals surface area contributed by atoms with E-state index in [0.29, 0.717) is 5.54 Å². The van der Waals surface area contributed by atoms with Crippen LogP contribution in [0.2, 0.25) is 0 Å². The normalized spacial score (nSPS) is 18.2. The zero-order valence-corrected chi connectivity index (χ0v) is 14.0. The highest BCUT2D eigenvalue weighted by Gasteiger charge is 2.40. The van der Waals surface area contributed by atoms with E-state index in [1.54, 1.807) is 7.11 Å². The lowest BCUT2D eigenvalue weighted by Crippen LogP contribution is -2.56. The van der Waals surface area contributed by atoms with Gasteiger partial charge >= 0.3 is 0 Å². The molecule has 1 aromatic rings. The van der Waals surface area contributed by atoms with Crippen molar-refractivity contribution in [3.63, 3.8) is 0 Å². The quantitative estimate of drug-likeness (QED) is 0.875. The maximum Gasteiger partial charge on any atom is 0.125 e.